The topological polar surface area (TPSA) is 35.5 Å². The molecule has 0 radical (unpaired) electrons. The minimum Gasteiger partial charge on any atom is -0.437 e. The Hall–Kier alpha value is -2.55. The number of benzene rings is 2. The third-order valence-corrected chi connectivity index (χ3v) is 4.91. The van der Waals surface area contributed by atoms with Gasteiger partial charge in [0.1, 0.15) is 5.75 Å². The largest absolute Gasteiger partial charge is 0.513 e. The zero-order chi connectivity index (χ0) is 17.6. The van der Waals surface area contributed by atoms with Gasteiger partial charge < -0.3 is 9.47 Å². The van der Waals surface area contributed by atoms with E-state index in [0.29, 0.717) is 5.75 Å². The lowest BCUT2D eigenvalue weighted by atomic mass is 9.85. The Balaban J connectivity index is 1.70. The molecule has 0 saturated heterocycles. The number of rotatable bonds is 4. The van der Waals surface area contributed by atoms with Crippen LogP contribution < -0.4 is 4.74 Å². The van der Waals surface area contributed by atoms with Crippen LogP contribution in [0.2, 0.25) is 0 Å². The Morgan fingerprint density at radius 3 is 2.12 bits per heavy atom. The van der Waals surface area contributed by atoms with E-state index in [1.807, 2.05) is 12.1 Å². The van der Waals surface area contributed by atoms with Crippen LogP contribution in [0.4, 0.5) is 4.79 Å². The molecule has 0 bridgehead atoms. The van der Waals surface area contributed by atoms with Crippen molar-refractivity contribution in [1.82, 2.24) is 0 Å². The third-order valence-electron chi connectivity index (χ3n) is 4.91. The van der Waals surface area contributed by atoms with Gasteiger partial charge in [0, 0.05) is 0 Å². The highest BCUT2D eigenvalue weighted by Gasteiger charge is 2.13. The van der Waals surface area contributed by atoms with Crippen molar-refractivity contribution in [2.24, 2.45) is 5.92 Å². The molecule has 3 heteroatoms. The second kappa shape index (κ2) is 8.02. The third kappa shape index (κ3) is 4.30. The monoisotopic (exact) mass is 336 g/mol. The zero-order valence-corrected chi connectivity index (χ0v) is 14.8. The maximum Gasteiger partial charge on any atom is 0.513 e. The lowest BCUT2D eigenvalue weighted by Crippen LogP contribution is -2.06. The molecule has 0 fully saturated rings. The van der Waals surface area contributed by atoms with Crippen molar-refractivity contribution in [2.75, 3.05) is 7.11 Å². The summed E-state index contributed by atoms with van der Waals surface area (Å²) >= 11 is 0. The first-order valence-electron chi connectivity index (χ1n) is 8.85. The summed E-state index contributed by atoms with van der Waals surface area (Å²) in [6, 6.07) is 16.1. The van der Waals surface area contributed by atoms with E-state index in [9.17, 15) is 4.79 Å². The van der Waals surface area contributed by atoms with Crippen LogP contribution in [0.25, 0.3) is 16.7 Å². The number of carbonyl (C=O) groups excluding carboxylic acids is 1. The molecule has 0 N–H and O–H groups in total. The molecule has 1 aliphatic rings. The summed E-state index contributed by atoms with van der Waals surface area (Å²) in [5, 5.41) is 0. The first kappa shape index (κ1) is 17.3. The molecule has 1 aliphatic carbocycles. The summed E-state index contributed by atoms with van der Waals surface area (Å²) in [5.41, 5.74) is 5.03. The SMILES string of the molecule is CCC1CC=C(c2ccc(-c3ccc(OC(=O)OC)cc3)cc2)CC1. The minimum absolute atomic E-state index is 0.477. The maximum atomic E-state index is 11.1. The number of ether oxygens (including phenoxy) is 2. The van der Waals surface area contributed by atoms with Crippen LogP contribution >= 0.6 is 0 Å². The van der Waals surface area contributed by atoms with Crippen molar-refractivity contribution in [2.45, 2.75) is 32.6 Å². The molecular formula is C22H24O3. The van der Waals surface area contributed by atoms with E-state index < -0.39 is 6.16 Å². The molecular weight excluding hydrogens is 312 g/mol. The van der Waals surface area contributed by atoms with Crippen LogP contribution in [0.15, 0.2) is 54.6 Å². The molecule has 3 nitrogen and oxygen atoms in total. The quantitative estimate of drug-likeness (QED) is 0.500. The van der Waals surface area contributed by atoms with Crippen LogP contribution in [0.5, 0.6) is 5.75 Å². The van der Waals surface area contributed by atoms with Crippen LogP contribution in [0.1, 0.15) is 38.2 Å². The van der Waals surface area contributed by atoms with E-state index in [1.165, 1.54) is 43.9 Å². The molecule has 3 rings (SSSR count). The fourth-order valence-corrected chi connectivity index (χ4v) is 3.25. The van der Waals surface area contributed by atoms with Crippen molar-refractivity contribution in [3.8, 4) is 16.9 Å². The first-order chi connectivity index (χ1) is 12.2. The Morgan fingerprint density at radius 2 is 1.60 bits per heavy atom. The average molecular weight is 336 g/mol. The van der Waals surface area contributed by atoms with E-state index >= 15 is 0 Å². The van der Waals surface area contributed by atoms with Crippen LogP contribution in [0.3, 0.4) is 0 Å². The van der Waals surface area contributed by atoms with Gasteiger partial charge in [-0.15, -0.1) is 0 Å². The number of allylic oxidation sites excluding steroid dienone is 2. The predicted molar refractivity (Wildman–Crippen MR) is 101 cm³/mol. The van der Waals surface area contributed by atoms with E-state index in [2.05, 4.69) is 42.0 Å². The van der Waals surface area contributed by atoms with Crippen LogP contribution in [-0.4, -0.2) is 13.3 Å². The Morgan fingerprint density at radius 1 is 1.00 bits per heavy atom. The second-order valence-corrected chi connectivity index (χ2v) is 6.44. The zero-order valence-electron chi connectivity index (χ0n) is 14.8. The fraction of sp³-hybridized carbons (Fsp3) is 0.318. The maximum absolute atomic E-state index is 11.1. The summed E-state index contributed by atoms with van der Waals surface area (Å²) < 4.78 is 9.49. The molecule has 130 valence electrons. The summed E-state index contributed by atoms with van der Waals surface area (Å²) in [4.78, 5) is 11.1. The number of methoxy groups -OCH3 is 1. The van der Waals surface area contributed by atoms with E-state index in [4.69, 9.17) is 4.74 Å². The summed E-state index contributed by atoms with van der Waals surface area (Å²) in [5.74, 6) is 1.33. The van der Waals surface area contributed by atoms with E-state index in [-0.39, 0.29) is 0 Å². The van der Waals surface area contributed by atoms with Gasteiger partial charge in [-0.3, -0.25) is 0 Å². The lowest BCUT2D eigenvalue weighted by Gasteiger charge is -2.20. The summed E-state index contributed by atoms with van der Waals surface area (Å²) in [6.07, 6.45) is 6.66. The van der Waals surface area contributed by atoms with Crippen molar-refractivity contribution < 1.29 is 14.3 Å². The van der Waals surface area contributed by atoms with Crippen molar-refractivity contribution in [3.05, 3.63) is 60.2 Å². The van der Waals surface area contributed by atoms with E-state index in [0.717, 1.165) is 17.0 Å². The van der Waals surface area contributed by atoms with Crippen molar-refractivity contribution in [3.63, 3.8) is 0 Å². The Kier molecular flexibility index (Phi) is 5.54. The second-order valence-electron chi connectivity index (χ2n) is 6.44. The predicted octanol–water partition coefficient (Wildman–Crippen LogP) is 6.09. The van der Waals surface area contributed by atoms with Gasteiger partial charge in [0.2, 0.25) is 0 Å². The number of hydrogen-bond donors (Lipinski definition) is 0. The first-order valence-corrected chi connectivity index (χ1v) is 8.85. The minimum atomic E-state index is -0.705. The Bertz CT molecular complexity index is 742. The molecule has 0 amide bonds. The smallest absolute Gasteiger partial charge is 0.437 e. The molecule has 0 heterocycles. The van der Waals surface area contributed by atoms with Gasteiger partial charge in [0.25, 0.3) is 0 Å². The Labute approximate surface area is 149 Å². The highest BCUT2D eigenvalue weighted by atomic mass is 16.7. The van der Waals surface area contributed by atoms with Gasteiger partial charge in [-0.25, -0.2) is 4.79 Å². The molecule has 0 spiro atoms. The molecule has 0 saturated carbocycles. The molecule has 1 unspecified atom stereocenters. The van der Waals surface area contributed by atoms with Crippen LogP contribution in [-0.2, 0) is 4.74 Å². The summed E-state index contributed by atoms with van der Waals surface area (Å²) in [7, 11) is 1.29. The average Bonchev–Trinajstić information content (AvgIpc) is 2.69. The fourth-order valence-electron chi connectivity index (χ4n) is 3.25. The van der Waals surface area contributed by atoms with Gasteiger partial charge >= 0.3 is 6.16 Å². The van der Waals surface area contributed by atoms with Gasteiger partial charge in [-0.2, -0.15) is 0 Å². The van der Waals surface area contributed by atoms with Gasteiger partial charge in [0.15, 0.2) is 0 Å². The standard InChI is InChI=1S/C22H24O3/c1-3-16-4-6-17(7-5-16)18-8-10-19(11-9-18)20-12-14-21(15-13-20)25-22(23)24-2/h6,8-16H,3-5,7H2,1-2H3. The van der Waals surface area contributed by atoms with Crippen molar-refractivity contribution >= 4 is 11.7 Å². The van der Waals surface area contributed by atoms with E-state index in [1.54, 1.807) is 12.1 Å². The molecule has 0 aliphatic heterocycles. The van der Waals surface area contributed by atoms with Gasteiger partial charge in [0.05, 0.1) is 7.11 Å². The highest BCUT2D eigenvalue weighted by Crippen LogP contribution is 2.32. The number of hydrogen-bond acceptors (Lipinski definition) is 3. The molecule has 25 heavy (non-hydrogen) atoms. The van der Waals surface area contributed by atoms with Crippen molar-refractivity contribution in [1.29, 1.82) is 0 Å². The molecule has 1 atom stereocenters. The molecule has 0 aromatic heterocycles. The molecule has 2 aromatic carbocycles. The summed E-state index contributed by atoms with van der Waals surface area (Å²) in [6.45, 7) is 2.28. The van der Waals surface area contributed by atoms with Gasteiger partial charge in [-0.1, -0.05) is 55.8 Å². The van der Waals surface area contributed by atoms with Gasteiger partial charge in [-0.05, 0) is 59.6 Å². The number of carbonyl (C=O) groups is 1. The highest BCUT2D eigenvalue weighted by molar-refractivity contribution is 5.71. The molecule has 2 aromatic rings. The normalized spacial score (nSPS) is 16.9. The lowest BCUT2D eigenvalue weighted by molar-refractivity contribution is 0.121. The van der Waals surface area contributed by atoms with Crippen LogP contribution in [0, 0.1) is 5.92 Å².